The molecule has 0 fully saturated rings. The first-order valence-corrected chi connectivity index (χ1v) is 5.36. The van der Waals surface area contributed by atoms with Gasteiger partial charge in [0.1, 0.15) is 0 Å². The van der Waals surface area contributed by atoms with E-state index >= 15 is 0 Å². The quantitative estimate of drug-likeness (QED) is 0.572. The average Bonchev–Trinajstić information content (AvgIpc) is 2.20. The molecule has 0 aliphatic carbocycles. The van der Waals surface area contributed by atoms with E-state index in [4.69, 9.17) is 0 Å². The normalized spacial score (nSPS) is 8.00. The third-order valence-electron chi connectivity index (χ3n) is 1.39. The molecule has 78 valence electrons. The predicted octanol–water partition coefficient (Wildman–Crippen LogP) is 4.98. The first-order valence-electron chi connectivity index (χ1n) is 5.36. The van der Waals surface area contributed by atoms with Crippen molar-refractivity contribution in [2.45, 2.75) is 73.4 Å². The maximum absolute atomic E-state index is 11.9. The number of alkyl halides is 1. The second-order valence-electron chi connectivity index (χ2n) is 2.41. The molecule has 0 aromatic heterocycles. The molecule has 0 amide bonds. The molecule has 0 radical (unpaired) electrons. The molecule has 0 saturated heterocycles. The minimum Gasteiger partial charge on any atom is -0.248 e. The Morgan fingerprint density at radius 1 is 0.833 bits per heavy atom. The van der Waals surface area contributed by atoms with Crippen molar-refractivity contribution in [2.24, 2.45) is 0 Å². The maximum atomic E-state index is 11.9. The van der Waals surface area contributed by atoms with E-state index in [9.17, 15) is 4.39 Å². The van der Waals surface area contributed by atoms with Gasteiger partial charge in [-0.05, 0) is 12.8 Å². The summed E-state index contributed by atoms with van der Waals surface area (Å²) in [5, 5.41) is 0. The van der Waals surface area contributed by atoms with Crippen LogP contribution >= 0.6 is 0 Å². The van der Waals surface area contributed by atoms with Gasteiger partial charge >= 0.3 is 0 Å². The zero-order chi connectivity index (χ0) is 10.4. The van der Waals surface area contributed by atoms with Gasteiger partial charge in [0.15, 0.2) is 0 Å². The fourth-order valence-corrected chi connectivity index (χ4v) is 0.289. The van der Waals surface area contributed by atoms with E-state index in [1.54, 1.807) is 0 Å². The van der Waals surface area contributed by atoms with Crippen LogP contribution in [0.2, 0.25) is 0 Å². The van der Waals surface area contributed by atoms with Crippen LogP contribution in [-0.2, 0) is 0 Å². The van der Waals surface area contributed by atoms with E-state index in [2.05, 4.69) is 13.8 Å². The van der Waals surface area contributed by atoms with Crippen molar-refractivity contribution in [1.29, 1.82) is 0 Å². The molecule has 0 N–H and O–H groups in total. The van der Waals surface area contributed by atoms with Gasteiger partial charge in [-0.3, -0.25) is 0 Å². The van der Waals surface area contributed by atoms with Crippen LogP contribution in [-0.4, -0.2) is 6.17 Å². The van der Waals surface area contributed by atoms with Crippen molar-refractivity contribution < 1.29 is 4.39 Å². The molecule has 0 nitrogen and oxygen atoms in total. The van der Waals surface area contributed by atoms with E-state index in [0.29, 0.717) is 12.8 Å². The summed E-state index contributed by atoms with van der Waals surface area (Å²) in [6.45, 7) is 12.1. The Morgan fingerprint density at radius 2 is 1.08 bits per heavy atom. The summed E-state index contributed by atoms with van der Waals surface area (Å²) < 4.78 is 11.9. The van der Waals surface area contributed by atoms with Crippen LogP contribution in [0.15, 0.2) is 0 Å². The number of hydrogen-bond acceptors (Lipinski definition) is 0. The Labute approximate surface area is 78.6 Å². The highest BCUT2D eigenvalue weighted by molar-refractivity contribution is 4.44. The van der Waals surface area contributed by atoms with Crippen LogP contribution in [0.3, 0.4) is 0 Å². The highest BCUT2D eigenvalue weighted by atomic mass is 19.1. The molecule has 0 aliphatic heterocycles. The minimum atomic E-state index is -0.565. The Kier molecular flexibility index (Phi) is 33.4. The Morgan fingerprint density at radius 3 is 1.08 bits per heavy atom. The molecular formula is C11H27F. The van der Waals surface area contributed by atoms with Gasteiger partial charge in [0, 0.05) is 0 Å². The first-order chi connectivity index (χ1) is 5.72. The van der Waals surface area contributed by atoms with Gasteiger partial charge < -0.3 is 0 Å². The minimum absolute atomic E-state index is 0.565. The largest absolute Gasteiger partial charge is 0.248 e. The van der Waals surface area contributed by atoms with Gasteiger partial charge in [-0.1, -0.05) is 54.4 Å². The predicted molar refractivity (Wildman–Crippen MR) is 57.4 cm³/mol. The summed E-state index contributed by atoms with van der Waals surface area (Å²) in [5.41, 5.74) is 0. The molecule has 0 aliphatic rings. The maximum Gasteiger partial charge on any atom is 0.0996 e. The van der Waals surface area contributed by atoms with Gasteiger partial charge in [-0.2, -0.15) is 0 Å². The molecular weight excluding hydrogens is 151 g/mol. The zero-order valence-corrected chi connectivity index (χ0v) is 9.78. The summed E-state index contributed by atoms with van der Waals surface area (Å²) in [6.07, 6.45) is 3.40. The fraction of sp³-hybridized carbons (Fsp3) is 1.00. The van der Waals surface area contributed by atoms with Crippen molar-refractivity contribution in [3.05, 3.63) is 0 Å². The lowest BCUT2D eigenvalue weighted by Gasteiger charge is -1.94. The van der Waals surface area contributed by atoms with Crippen molar-refractivity contribution in [3.63, 3.8) is 0 Å². The molecule has 1 heteroatoms. The topological polar surface area (TPSA) is 0 Å². The average molecular weight is 178 g/mol. The van der Waals surface area contributed by atoms with Crippen molar-refractivity contribution >= 4 is 0 Å². The second-order valence-corrected chi connectivity index (χ2v) is 2.41. The smallest absolute Gasteiger partial charge is 0.0996 e. The summed E-state index contributed by atoms with van der Waals surface area (Å²) >= 11 is 0. The van der Waals surface area contributed by atoms with Gasteiger partial charge in [-0.25, -0.2) is 4.39 Å². The van der Waals surface area contributed by atoms with Crippen LogP contribution in [0.4, 0.5) is 4.39 Å². The van der Waals surface area contributed by atoms with Gasteiger partial charge in [-0.15, -0.1) is 0 Å². The highest BCUT2D eigenvalue weighted by Gasteiger charge is 1.93. The van der Waals surface area contributed by atoms with Gasteiger partial charge in [0.05, 0.1) is 6.17 Å². The lowest BCUT2D eigenvalue weighted by Crippen LogP contribution is -1.91. The van der Waals surface area contributed by atoms with Gasteiger partial charge in [0.2, 0.25) is 0 Å². The third-order valence-corrected chi connectivity index (χ3v) is 1.39. The van der Waals surface area contributed by atoms with Crippen molar-refractivity contribution in [2.75, 3.05) is 0 Å². The number of rotatable bonds is 3. The highest BCUT2D eigenvalue weighted by Crippen LogP contribution is 1.98. The molecule has 12 heavy (non-hydrogen) atoms. The van der Waals surface area contributed by atoms with Crippen molar-refractivity contribution in [1.82, 2.24) is 0 Å². The van der Waals surface area contributed by atoms with E-state index in [-0.39, 0.29) is 0 Å². The first kappa shape index (κ1) is 17.9. The lowest BCUT2D eigenvalue weighted by atomic mass is 10.2. The van der Waals surface area contributed by atoms with E-state index < -0.39 is 6.17 Å². The van der Waals surface area contributed by atoms with Gasteiger partial charge in [0.25, 0.3) is 0 Å². The number of unbranched alkanes of at least 4 members (excludes halogenated alkanes) is 1. The van der Waals surface area contributed by atoms with E-state index in [1.165, 1.54) is 12.8 Å². The van der Waals surface area contributed by atoms with Crippen LogP contribution in [0.25, 0.3) is 0 Å². The molecule has 0 aromatic carbocycles. The molecule has 0 saturated carbocycles. The van der Waals surface area contributed by atoms with Crippen LogP contribution in [0.5, 0.6) is 0 Å². The molecule has 0 atom stereocenters. The number of hydrogen-bond donors (Lipinski definition) is 0. The summed E-state index contributed by atoms with van der Waals surface area (Å²) in [6, 6.07) is 0. The fourth-order valence-electron chi connectivity index (χ4n) is 0.289. The molecule has 0 unspecified atom stereocenters. The van der Waals surface area contributed by atoms with Crippen molar-refractivity contribution in [3.8, 4) is 0 Å². The third kappa shape index (κ3) is 32.6. The van der Waals surface area contributed by atoms with E-state index in [1.807, 2.05) is 27.7 Å². The molecule has 0 aromatic rings. The molecule has 0 heterocycles. The standard InChI is InChI=1S/C5H11F.C4H10.C2H6/c1-3-5(6)4-2;1-3-4-2;1-2/h5H,3-4H2,1-2H3;3-4H2,1-2H3;1-2H3. The molecule has 0 rings (SSSR count). The summed E-state index contributed by atoms with van der Waals surface area (Å²) in [7, 11) is 0. The number of halogens is 1. The van der Waals surface area contributed by atoms with Crippen LogP contribution in [0, 0.1) is 0 Å². The Bertz CT molecular complexity index is 38.3. The monoisotopic (exact) mass is 178 g/mol. The Hall–Kier alpha value is -0.0700. The van der Waals surface area contributed by atoms with E-state index in [0.717, 1.165) is 0 Å². The summed E-state index contributed by atoms with van der Waals surface area (Å²) in [5.74, 6) is 0. The zero-order valence-electron chi connectivity index (χ0n) is 9.78. The molecule has 0 bridgehead atoms. The second kappa shape index (κ2) is 22.4. The van der Waals surface area contributed by atoms with Crippen LogP contribution < -0.4 is 0 Å². The summed E-state index contributed by atoms with van der Waals surface area (Å²) in [4.78, 5) is 0. The lowest BCUT2D eigenvalue weighted by molar-refractivity contribution is 0.316. The Balaban J connectivity index is -0.000000118. The molecule has 0 spiro atoms. The SMILES string of the molecule is CC.CCC(F)CC.CCCC. The van der Waals surface area contributed by atoms with Crippen LogP contribution in [0.1, 0.15) is 67.2 Å².